The highest BCUT2D eigenvalue weighted by molar-refractivity contribution is 6.06. The molecule has 0 radical (unpaired) electrons. The van der Waals surface area contributed by atoms with Gasteiger partial charge in [-0.25, -0.2) is 9.59 Å². The summed E-state index contributed by atoms with van der Waals surface area (Å²) < 4.78 is 13.3. The molecule has 4 nitrogen and oxygen atoms in total. The lowest BCUT2D eigenvalue weighted by Crippen LogP contribution is -2.48. The van der Waals surface area contributed by atoms with Gasteiger partial charge in [-0.2, -0.15) is 0 Å². The van der Waals surface area contributed by atoms with Crippen molar-refractivity contribution in [3.8, 4) is 11.1 Å². The highest BCUT2D eigenvalue weighted by Gasteiger charge is 2.48. The number of carbonyl (C=O) groups excluding carboxylic acids is 2. The topological polar surface area (TPSA) is 52.6 Å². The molecule has 0 saturated carbocycles. The van der Waals surface area contributed by atoms with Gasteiger partial charge < -0.3 is 9.47 Å². The zero-order valence-electron chi connectivity index (χ0n) is 31.0. The van der Waals surface area contributed by atoms with Crippen LogP contribution in [0.4, 0.5) is 0 Å². The Morgan fingerprint density at radius 1 is 0.527 bits per heavy atom. The van der Waals surface area contributed by atoms with Crippen molar-refractivity contribution in [2.45, 2.75) is 38.4 Å². The second kappa shape index (κ2) is 15.8. The minimum atomic E-state index is -0.856. The van der Waals surface area contributed by atoms with E-state index in [-0.39, 0.29) is 5.92 Å². The molecule has 2 aliphatic carbocycles. The summed E-state index contributed by atoms with van der Waals surface area (Å²) in [5, 5.41) is 0. The lowest BCUT2D eigenvalue weighted by molar-refractivity contribution is -0.0593. The van der Waals surface area contributed by atoms with E-state index in [4.69, 9.17) is 9.47 Å². The van der Waals surface area contributed by atoms with Gasteiger partial charge in [-0.1, -0.05) is 164 Å². The van der Waals surface area contributed by atoms with Crippen molar-refractivity contribution in [1.82, 2.24) is 0 Å². The predicted octanol–water partition coefficient (Wildman–Crippen LogP) is 11.7. The Hall–Kier alpha value is -6.52. The first kappa shape index (κ1) is 35.5. The van der Waals surface area contributed by atoms with E-state index in [0.717, 1.165) is 55.7 Å². The van der Waals surface area contributed by atoms with Crippen molar-refractivity contribution in [3.05, 3.63) is 227 Å². The van der Waals surface area contributed by atoms with Crippen LogP contribution in [0, 0.1) is 12.8 Å². The van der Waals surface area contributed by atoms with Crippen LogP contribution in [0.25, 0.3) is 22.3 Å². The van der Waals surface area contributed by atoms with Gasteiger partial charge in [0.1, 0.15) is 6.10 Å². The van der Waals surface area contributed by atoms with Crippen LogP contribution in [0.15, 0.2) is 193 Å². The fourth-order valence-corrected chi connectivity index (χ4v) is 8.07. The molecule has 0 bridgehead atoms. The third-order valence-corrected chi connectivity index (χ3v) is 10.9. The van der Waals surface area contributed by atoms with Gasteiger partial charge in [-0.3, -0.25) is 0 Å². The molecular weight excluding hydrogens is 677 g/mol. The van der Waals surface area contributed by atoms with Crippen LogP contribution in [-0.2, 0) is 9.47 Å². The molecule has 8 rings (SSSR count). The third-order valence-electron chi connectivity index (χ3n) is 10.9. The lowest BCUT2D eigenvalue weighted by Gasteiger charge is -2.43. The van der Waals surface area contributed by atoms with Gasteiger partial charge in [-0.15, -0.1) is 0 Å². The quantitative estimate of drug-likeness (QED) is 0.147. The molecule has 0 heterocycles. The minimum Gasteiger partial charge on any atom is -0.454 e. The molecule has 6 aromatic carbocycles. The second-order valence-electron chi connectivity index (χ2n) is 14.3. The Labute approximate surface area is 323 Å². The number of rotatable bonds is 8. The average molecular weight is 719 g/mol. The van der Waals surface area contributed by atoms with E-state index in [1.54, 1.807) is 24.3 Å². The minimum absolute atomic E-state index is 0.287. The molecule has 0 saturated heterocycles. The van der Waals surface area contributed by atoms with Gasteiger partial charge in [0.15, 0.2) is 6.10 Å². The Balaban J connectivity index is 1.37. The van der Waals surface area contributed by atoms with Crippen molar-refractivity contribution in [2.24, 2.45) is 5.92 Å². The van der Waals surface area contributed by atoms with E-state index in [1.165, 1.54) is 0 Å². The van der Waals surface area contributed by atoms with Crippen LogP contribution in [0.5, 0.6) is 0 Å². The molecule has 0 aliphatic heterocycles. The van der Waals surface area contributed by atoms with E-state index in [1.807, 2.05) is 66.7 Å². The van der Waals surface area contributed by atoms with Crippen molar-refractivity contribution in [1.29, 1.82) is 0 Å². The highest BCUT2D eigenvalue weighted by Crippen LogP contribution is 2.50. The summed E-state index contributed by atoms with van der Waals surface area (Å²) in [7, 11) is 0. The van der Waals surface area contributed by atoms with E-state index in [9.17, 15) is 9.59 Å². The van der Waals surface area contributed by atoms with Gasteiger partial charge in [0.25, 0.3) is 0 Å². The maximum atomic E-state index is 14.2. The van der Waals surface area contributed by atoms with Crippen LogP contribution < -0.4 is 0 Å². The van der Waals surface area contributed by atoms with Crippen LogP contribution in [0.2, 0.25) is 0 Å². The largest absolute Gasteiger partial charge is 0.454 e. The Morgan fingerprint density at radius 2 is 1.00 bits per heavy atom. The van der Waals surface area contributed by atoms with Crippen molar-refractivity contribution in [2.75, 3.05) is 0 Å². The van der Waals surface area contributed by atoms with Crippen molar-refractivity contribution < 1.29 is 19.1 Å². The van der Waals surface area contributed by atoms with E-state index in [2.05, 4.69) is 105 Å². The maximum absolute atomic E-state index is 14.2. The number of aryl methyl sites for hydroxylation is 1. The molecule has 0 spiro atoms. The van der Waals surface area contributed by atoms with Crippen LogP contribution in [0.3, 0.4) is 0 Å². The van der Waals surface area contributed by atoms with Gasteiger partial charge in [-0.05, 0) is 93.8 Å². The Bertz CT molecular complexity index is 2400. The first-order chi connectivity index (χ1) is 27.0. The molecule has 4 heteroatoms. The summed E-state index contributed by atoms with van der Waals surface area (Å²) in [6.45, 7) is 4.21. The monoisotopic (exact) mass is 718 g/mol. The molecule has 0 aromatic heterocycles. The Kier molecular flexibility index (Phi) is 10.2. The summed E-state index contributed by atoms with van der Waals surface area (Å²) in [4.78, 5) is 28.2. The van der Waals surface area contributed by atoms with Crippen molar-refractivity contribution >= 4 is 23.1 Å². The van der Waals surface area contributed by atoms with E-state index < -0.39 is 30.1 Å². The number of benzene rings is 6. The first-order valence-corrected chi connectivity index (χ1v) is 18.9. The standard InChI is InChI=1S/C51H42O4/c1-34-28-29-41(36-18-8-3-9-19-36)32-44(34)47-46-33-45(38-22-12-5-13-23-38)43(37-20-10-4-11-21-37)31-30-42(46)35(2)48(54-50(52)39-24-14-6-15-25-39)49(47)55-51(53)40-26-16-7-17-27-40/h3-29,31-33,35,47-49H,30H2,1-2H3. The van der Waals surface area contributed by atoms with Gasteiger partial charge >= 0.3 is 11.9 Å². The number of carbonyl (C=O) groups is 2. The smallest absolute Gasteiger partial charge is 0.338 e. The van der Waals surface area contributed by atoms with Gasteiger partial charge in [0.2, 0.25) is 0 Å². The molecule has 4 unspecified atom stereocenters. The summed E-state index contributed by atoms with van der Waals surface area (Å²) >= 11 is 0. The van der Waals surface area contributed by atoms with Crippen molar-refractivity contribution in [3.63, 3.8) is 0 Å². The number of hydrogen-bond acceptors (Lipinski definition) is 4. The normalized spacial score (nSPS) is 19.3. The molecule has 0 N–H and O–H groups in total. The van der Waals surface area contributed by atoms with Crippen LogP contribution >= 0.6 is 0 Å². The summed E-state index contributed by atoms with van der Waals surface area (Å²) in [6.07, 6.45) is 3.60. The fraction of sp³-hybridized carbons (Fsp3) is 0.137. The third kappa shape index (κ3) is 7.36. The average Bonchev–Trinajstić information content (AvgIpc) is 3.45. The highest BCUT2D eigenvalue weighted by atomic mass is 16.6. The molecule has 0 fully saturated rings. The molecular formula is C51H42O4. The number of allylic oxidation sites excluding steroid dienone is 4. The Morgan fingerprint density at radius 3 is 1.55 bits per heavy atom. The zero-order chi connectivity index (χ0) is 37.7. The van der Waals surface area contributed by atoms with Gasteiger partial charge in [0.05, 0.1) is 17.0 Å². The van der Waals surface area contributed by atoms with E-state index >= 15 is 0 Å². The summed E-state index contributed by atoms with van der Waals surface area (Å²) in [5.74, 6) is -1.68. The lowest BCUT2D eigenvalue weighted by atomic mass is 9.69. The molecule has 4 atom stereocenters. The van der Waals surface area contributed by atoms with Crippen LogP contribution in [0.1, 0.15) is 62.2 Å². The zero-order valence-corrected chi connectivity index (χ0v) is 31.0. The SMILES string of the molecule is Cc1ccc(-c2ccccc2)cc1C1C2=C(CC=C(c3ccccc3)C(c3ccccc3)=C2)C(C)C(OC(=O)c2ccccc2)C1OC(=O)c1ccccc1. The second-order valence-corrected chi connectivity index (χ2v) is 14.3. The van der Waals surface area contributed by atoms with Gasteiger partial charge in [0, 0.05) is 5.92 Å². The van der Waals surface area contributed by atoms with Crippen LogP contribution in [-0.4, -0.2) is 24.1 Å². The molecule has 55 heavy (non-hydrogen) atoms. The summed E-state index contributed by atoms with van der Waals surface area (Å²) in [5.41, 5.74) is 11.7. The van der Waals surface area contributed by atoms with E-state index in [0.29, 0.717) is 17.5 Å². The molecule has 0 amide bonds. The first-order valence-electron chi connectivity index (χ1n) is 18.9. The maximum Gasteiger partial charge on any atom is 0.338 e. The number of hydrogen-bond donors (Lipinski definition) is 0. The number of ether oxygens (including phenoxy) is 2. The molecule has 270 valence electrons. The molecule has 6 aromatic rings. The summed E-state index contributed by atoms with van der Waals surface area (Å²) in [6, 6.07) is 55.8. The number of esters is 2. The molecule has 2 aliphatic rings. The fourth-order valence-electron chi connectivity index (χ4n) is 8.07. The predicted molar refractivity (Wildman–Crippen MR) is 220 cm³/mol.